The number of likely N-dealkylation sites (tertiary alicyclic amines) is 1. The maximum absolute atomic E-state index is 13.0. The second-order valence-corrected chi connectivity index (χ2v) is 8.34. The van der Waals surface area contributed by atoms with Gasteiger partial charge in [-0.2, -0.15) is 0 Å². The Morgan fingerprint density at radius 1 is 0.906 bits per heavy atom. The fourth-order valence-electron chi connectivity index (χ4n) is 4.17. The number of benzene rings is 2. The molecule has 0 spiro atoms. The molecule has 1 aliphatic rings. The van der Waals surface area contributed by atoms with Crippen LogP contribution in [0.25, 0.3) is 5.69 Å². The largest absolute Gasteiger partial charge is 0.492 e. The molecule has 1 saturated heterocycles. The molecule has 0 bridgehead atoms. The monoisotopic (exact) mass is 436 g/mol. The number of hydrogen-bond donors (Lipinski definition) is 0. The summed E-state index contributed by atoms with van der Waals surface area (Å²) in [5, 5.41) is 0. The summed E-state index contributed by atoms with van der Waals surface area (Å²) in [6.45, 7) is 6.38. The molecule has 1 aliphatic heterocycles. The molecule has 0 aliphatic carbocycles. The Bertz CT molecular complexity index is 1070. The van der Waals surface area contributed by atoms with Gasteiger partial charge in [0.1, 0.15) is 30.5 Å². The van der Waals surface area contributed by atoms with Crippen LogP contribution in [0.2, 0.25) is 0 Å². The van der Waals surface area contributed by atoms with Crippen LogP contribution in [-0.4, -0.2) is 34.7 Å². The quantitative estimate of drug-likeness (QED) is 0.508. The molecule has 0 unspecified atom stereocenters. The molecule has 2 heterocycles. The number of halogens is 1. The van der Waals surface area contributed by atoms with Crippen LogP contribution >= 0.6 is 0 Å². The zero-order valence-electron chi connectivity index (χ0n) is 18.5. The Kier molecular flexibility index (Phi) is 6.90. The third-order valence-electron chi connectivity index (χ3n) is 6.08. The van der Waals surface area contributed by atoms with E-state index in [1.165, 1.54) is 31.0 Å². The van der Waals surface area contributed by atoms with E-state index >= 15 is 0 Å². The highest BCUT2D eigenvalue weighted by Crippen LogP contribution is 2.23. The first-order valence-electron chi connectivity index (χ1n) is 11.1. The smallest absolute Gasteiger partial charge is 0.258 e. The number of aromatic nitrogens is 1. The van der Waals surface area contributed by atoms with Gasteiger partial charge in [-0.1, -0.05) is 12.1 Å². The summed E-state index contributed by atoms with van der Waals surface area (Å²) in [5.41, 5.74) is 1.40. The molecule has 0 amide bonds. The molecule has 5 nitrogen and oxygen atoms in total. The van der Waals surface area contributed by atoms with Crippen LogP contribution in [0.1, 0.15) is 32.3 Å². The Labute approximate surface area is 188 Å². The zero-order chi connectivity index (χ0) is 22.5. The van der Waals surface area contributed by atoms with E-state index < -0.39 is 0 Å². The molecule has 32 heavy (non-hydrogen) atoms. The number of rotatable bonds is 8. The van der Waals surface area contributed by atoms with E-state index in [1.54, 1.807) is 29.0 Å². The minimum absolute atomic E-state index is 0.188. The minimum Gasteiger partial charge on any atom is -0.492 e. The van der Waals surface area contributed by atoms with Crippen LogP contribution in [0.3, 0.4) is 0 Å². The van der Waals surface area contributed by atoms with Crippen LogP contribution in [0.5, 0.6) is 11.5 Å². The molecular formula is C26H29FN2O3. The van der Waals surface area contributed by atoms with Gasteiger partial charge in [0, 0.05) is 36.6 Å². The van der Waals surface area contributed by atoms with Crippen molar-refractivity contribution < 1.29 is 13.9 Å². The lowest BCUT2D eigenvalue weighted by Gasteiger charge is -2.25. The van der Waals surface area contributed by atoms with Crippen LogP contribution in [-0.2, 0) is 6.61 Å². The van der Waals surface area contributed by atoms with Crippen molar-refractivity contribution in [3.8, 4) is 17.2 Å². The normalized spacial score (nSPS) is 18.6. The zero-order valence-corrected chi connectivity index (χ0v) is 18.5. The van der Waals surface area contributed by atoms with Crippen molar-refractivity contribution in [1.82, 2.24) is 9.47 Å². The van der Waals surface area contributed by atoms with E-state index in [1.807, 2.05) is 24.3 Å². The Morgan fingerprint density at radius 3 is 2.25 bits per heavy atom. The Morgan fingerprint density at radius 2 is 1.59 bits per heavy atom. The summed E-state index contributed by atoms with van der Waals surface area (Å²) in [6.07, 6.45) is 4.19. The minimum atomic E-state index is -0.288. The van der Waals surface area contributed by atoms with E-state index in [0.29, 0.717) is 24.4 Å². The molecule has 2 atom stereocenters. The van der Waals surface area contributed by atoms with Crippen molar-refractivity contribution in [2.75, 3.05) is 13.2 Å². The molecule has 0 N–H and O–H groups in total. The second kappa shape index (κ2) is 10.0. The first kappa shape index (κ1) is 22.1. The SMILES string of the molecule is C[C@H]1CC[C@H](C)N1CCOc1ccc(-n2ccc(OCc3ccc(F)cc3)cc2=O)cc1. The molecule has 1 aromatic heterocycles. The lowest BCUT2D eigenvalue weighted by molar-refractivity contribution is 0.170. The second-order valence-electron chi connectivity index (χ2n) is 8.34. The Hall–Kier alpha value is -3.12. The van der Waals surface area contributed by atoms with Gasteiger partial charge in [0.25, 0.3) is 5.56 Å². The van der Waals surface area contributed by atoms with Crippen LogP contribution in [0.4, 0.5) is 4.39 Å². The number of pyridine rings is 1. The standard InChI is InChI=1S/C26H29FN2O3/c1-19-3-4-20(2)28(19)15-16-31-24-11-9-23(10-12-24)29-14-13-25(17-26(29)30)32-18-21-5-7-22(27)8-6-21/h5-14,17,19-20H,3-4,15-16,18H2,1-2H3/t19-,20-/m0/s1. The predicted octanol–water partition coefficient (Wildman–Crippen LogP) is 4.81. The van der Waals surface area contributed by atoms with Gasteiger partial charge in [-0.15, -0.1) is 0 Å². The van der Waals surface area contributed by atoms with Crippen molar-refractivity contribution in [3.63, 3.8) is 0 Å². The summed E-state index contributed by atoms with van der Waals surface area (Å²) in [6, 6.07) is 18.0. The fraction of sp³-hybridized carbons (Fsp3) is 0.346. The highest BCUT2D eigenvalue weighted by Gasteiger charge is 2.26. The average Bonchev–Trinajstić information content (AvgIpc) is 3.11. The van der Waals surface area contributed by atoms with Crippen molar-refractivity contribution in [1.29, 1.82) is 0 Å². The van der Waals surface area contributed by atoms with Gasteiger partial charge < -0.3 is 9.47 Å². The van der Waals surface area contributed by atoms with E-state index in [4.69, 9.17) is 9.47 Å². The highest BCUT2D eigenvalue weighted by molar-refractivity contribution is 5.38. The molecule has 4 rings (SSSR count). The maximum atomic E-state index is 13.0. The first-order chi connectivity index (χ1) is 15.5. The fourth-order valence-corrected chi connectivity index (χ4v) is 4.17. The van der Waals surface area contributed by atoms with Gasteiger partial charge in [0.05, 0.1) is 0 Å². The van der Waals surface area contributed by atoms with Gasteiger partial charge in [-0.05, 0) is 74.7 Å². The number of nitrogens with zero attached hydrogens (tertiary/aromatic N) is 2. The van der Waals surface area contributed by atoms with Gasteiger partial charge in [0.2, 0.25) is 0 Å². The van der Waals surface area contributed by atoms with Gasteiger partial charge in [0.15, 0.2) is 0 Å². The summed E-state index contributed by atoms with van der Waals surface area (Å²) in [5.74, 6) is 0.977. The molecule has 3 aromatic rings. The maximum Gasteiger partial charge on any atom is 0.258 e. The van der Waals surface area contributed by atoms with E-state index in [9.17, 15) is 9.18 Å². The first-order valence-corrected chi connectivity index (χ1v) is 11.1. The van der Waals surface area contributed by atoms with Crippen LogP contribution in [0.15, 0.2) is 71.7 Å². The molecular weight excluding hydrogens is 407 g/mol. The van der Waals surface area contributed by atoms with E-state index in [2.05, 4.69) is 18.7 Å². The summed E-state index contributed by atoms with van der Waals surface area (Å²) in [4.78, 5) is 15.1. The highest BCUT2D eigenvalue weighted by atomic mass is 19.1. The lowest BCUT2D eigenvalue weighted by atomic mass is 10.2. The molecule has 2 aromatic carbocycles. The van der Waals surface area contributed by atoms with Crippen molar-refractivity contribution in [3.05, 3.63) is 88.6 Å². The van der Waals surface area contributed by atoms with Crippen molar-refractivity contribution in [2.24, 2.45) is 0 Å². The van der Waals surface area contributed by atoms with Crippen molar-refractivity contribution in [2.45, 2.75) is 45.4 Å². The van der Waals surface area contributed by atoms with Crippen molar-refractivity contribution >= 4 is 0 Å². The predicted molar refractivity (Wildman–Crippen MR) is 123 cm³/mol. The molecule has 0 saturated carbocycles. The average molecular weight is 437 g/mol. The van der Waals surface area contributed by atoms with Gasteiger partial charge in [-0.25, -0.2) is 4.39 Å². The molecule has 6 heteroatoms. The summed E-state index contributed by atoms with van der Waals surface area (Å²) < 4.78 is 26.1. The van der Waals surface area contributed by atoms with E-state index in [0.717, 1.165) is 23.5 Å². The molecule has 168 valence electrons. The van der Waals surface area contributed by atoms with Gasteiger partial charge >= 0.3 is 0 Å². The van der Waals surface area contributed by atoms with Gasteiger partial charge in [-0.3, -0.25) is 14.3 Å². The molecule has 1 fully saturated rings. The number of ether oxygens (including phenoxy) is 2. The third-order valence-corrected chi connectivity index (χ3v) is 6.08. The Balaban J connectivity index is 1.33. The summed E-state index contributed by atoms with van der Waals surface area (Å²) in [7, 11) is 0. The third kappa shape index (κ3) is 5.37. The van der Waals surface area contributed by atoms with Crippen LogP contribution in [0, 0.1) is 5.82 Å². The lowest BCUT2D eigenvalue weighted by Crippen LogP contribution is -2.36. The summed E-state index contributed by atoms with van der Waals surface area (Å²) >= 11 is 0. The number of hydrogen-bond acceptors (Lipinski definition) is 4. The molecule has 0 radical (unpaired) electrons. The van der Waals surface area contributed by atoms with Crippen LogP contribution < -0.4 is 15.0 Å². The topological polar surface area (TPSA) is 43.7 Å². The van der Waals surface area contributed by atoms with E-state index in [-0.39, 0.29) is 18.0 Å².